The smallest absolute Gasteiger partial charge is 0.129 e. The van der Waals surface area contributed by atoms with E-state index in [1.54, 1.807) is 0 Å². The first-order valence-electron chi connectivity index (χ1n) is 11.1. The summed E-state index contributed by atoms with van der Waals surface area (Å²) in [4.78, 5) is 5.19. The Balaban J connectivity index is 1.50. The van der Waals surface area contributed by atoms with Gasteiger partial charge in [0.15, 0.2) is 0 Å². The average molecular weight is 379 g/mol. The Labute approximate surface area is 163 Å². The van der Waals surface area contributed by atoms with Crippen LogP contribution in [0.1, 0.15) is 65.2 Å². The Morgan fingerprint density at radius 2 is 1.74 bits per heavy atom. The molecule has 4 saturated carbocycles. The third-order valence-electron chi connectivity index (χ3n) is 9.23. The average Bonchev–Trinajstić information content (AvgIpc) is 2.95. The molecule has 4 fully saturated rings. The quantitative estimate of drug-likeness (QED) is 0.399. The van der Waals surface area contributed by atoms with Crippen molar-refractivity contribution in [2.75, 3.05) is 13.2 Å². The molecule has 4 N–H and O–H groups in total. The molecule has 0 saturated heterocycles. The van der Waals surface area contributed by atoms with Gasteiger partial charge in [0.2, 0.25) is 0 Å². The second kappa shape index (κ2) is 7.31. The summed E-state index contributed by atoms with van der Waals surface area (Å²) >= 11 is 0. The van der Waals surface area contributed by atoms with E-state index < -0.39 is 0 Å². The van der Waals surface area contributed by atoms with Gasteiger partial charge in [0.05, 0.1) is 12.2 Å². The largest absolute Gasteiger partial charge is 0.395 e. The summed E-state index contributed by atoms with van der Waals surface area (Å²) < 4.78 is 0. The molecule has 0 aromatic rings. The number of aliphatic hydroxyl groups is 2. The third-order valence-corrected chi connectivity index (χ3v) is 9.23. The lowest BCUT2D eigenvalue weighted by molar-refractivity contribution is -0.165. The van der Waals surface area contributed by atoms with Crippen LogP contribution in [0.5, 0.6) is 0 Å². The fraction of sp³-hybridized carbons (Fsp3) is 0.955. The maximum absolute atomic E-state index is 11.2. The summed E-state index contributed by atoms with van der Waals surface area (Å²) in [5.74, 6) is 2.61. The SMILES string of the molecule is CC12CCC3C(CC(O)C4CC(/C=N\OCCN)CCC43C)C1CCC2O. The highest BCUT2D eigenvalue weighted by molar-refractivity contribution is 5.60. The lowest BCUT2D eigenvalue weighted by Gasteiger charge is -2.62. The Bertz CT molecular complexity index is 570. The molecule has 4 aliphatic rings. The van der Waals surface area contributed by atoms with Gasteiger partial charge in [-0.25, -0.2) is 0 Å². The molecule has 0 amide bonds. The van der Waals surface area contributed by atoms with Gasteiger partial charge in [-0.3, -0.25) is 0 Å². The minimum absolute atomic E-state index is 0.0777. The lowest BCUT2D eigenvalue weighted by Crippen LogP contribution is -2.58. The van der Waals surface area contributed by atoms with Gasteiger partial charge < -0.3 is 20.8 Å². The minimum Gasteiger partial charge on any atom is -0.395 e. The molecule has 4 rings (SSSR count). The van der Waals surface area contributed by atoms with Gasteiger partial charge in [-0.05, 0) is 91.8 Å². The highest BCUT2D eigenvalue weighted by Crippen LogP contribution is 2.66. The second-order valence-electron chi connectivity index (χ2n) is 10.3. The van der Waals surface area contributed by atoms with E-state index in [0.717, 1.165) is 44.9 Å². The molecule has 4 aliphatic carbocycles. The maximum atomic E-state index is 11.2. The van der Waals surface area contributed by atoms with Crippen molar-refractivity contribution in [2.45, 2.75) is 77.4 Å². The predicted octanol–water partition coefficient (Wildman–Crippen LogP) is 2.94. The van der Waals surface area contributed by atoms with Gasteiger partial charge in [0, 0.05) is 12.8 Å². The van der Waals surface area contributed by atoms with Crippen molar-refractivity contribution in [3.05, 3.63) is 0 Å². The third kappa shape index (κ3) is 3.14. The molecular formula is C22H38N2O3. The van der Waals surface area contributed by atoms with Crippen LogP contribution in [0.25, 0.3) is 0 Å². The Kier molecular flexibility index (Phi) is 5.32. The van der Waals surface area contributed by atoms with Crippen molar-refractivity contribution in [1.29, 1.82) is 0 Å². The van der Waals surface area contributed by atoms with Gasteiger partial charge in [0.25, 0.3) is 0 Å². The molecule has 0 radical (unpaired) electrons. The fourth-order valence-electron chi connectivity index (χ4n) is 7.67. The first-order valence-corrected chi connectivity index (χ1v) is 11.1. The number of hydrogen-bond donors (Lipinski definition) is 3. The molecule has 0 aliphatic heterocycles. The summed E-state index contributed by atoms with van der Waals surface area (Å²) in [7, 11) is 0. The van der Waals surface area contributed by atoms with E-state index in [4.69, 9.17) is 10.6 Å². The molecule has 27 heavy (non-hydrogen) atoms. The van der Waals surface area contributed by atoms with E-state index in [1.807, 2.05) is 6.21 Å². The Morgan fingerprint density at radius 1 is 1.00 bits per heavy atom. The molecule has 0 bridgehead atoms. The molecule has 5 nitrogen and oxygen atoms in total. The molecule has 9 unspecified atom stereocenters. The van der Waals surface area contributed by atoms with Gasteiger partial charge in [-0.1, -0.05) is 19.0 Å². The predicted molar refractivity (Wildman–Crippen MR) is 106 cm³/mol. The first kappa shape index (κ1) is 19.7. The van der Waals surface area contributed by atoms with Crippen LogP contribution < -0.4 is 5.73 Å². The molecule has 0 heterocycles. The molecule has 0 spiro atoms. The summed E-state index contributed by atoms with van der Waals surface area (Å²) in [6, 6.07) is 0. The van der Waals surface area contributed by atoms with Crippen molar-refractivity contribution >= 4 is 6.21 Å². The number of hydrogen-bond acceptors (Lipinski definition) is 5. The van der Waals surface area contributed by atoms with Crippen LogP contribution in [-0.4, -0.2) is 41.8 Å². The summed E-state index contributed by atoms with van der Waals surface area (Å²) in [6.07, 6.45) is 10.2. The van der Waals surface area contributed by atoms with E-state index in [0.29, 0.717) is 42.7 Å². The van der Waals surface area contributed by atoms with Gasteiger partial charge in [0.1, 0.15) is 6.61 Å². The molecule has 0 aromatic heterocycles. The van der Waals surface area contributed by atoms with Crippen LogP contribution in [0.4, 0.5) is 0 Å². The standard InChI is InChI=1S/C22H38N2O3/c1-21-7-5-14(13-24-27-10-9-23)11-18(21)19(25)12-15-16-3-4-20(26)22(16,2)8-6-17(15)21/h13-20,25-26H,3-12,23H2,1-2H3/b24-13-. The van der Waals surface area contributed by atoms with E-state index in [1.165, 1.54) is 6.42 Å². The van der Waals surface area contributed by atoms with Crippen LogP contribution >= 0.6 is 0 Å². The summed E-state index contributed by atoms with van der Waals surface area (Å²) in [5.41, 5.74) is 5.74. The van der Waals surface area contributed by atoms with E-state index in [9.17, 15) is 10.2 Å². The highest BCUT2D eigenvalue weighted by atomic mass is 16.6. The molecule has 0 aromatic carbocycles. The summed E-state index contributed by atoms with van der Waals surface area (Å²) in [5, 5.41) is 25.8. The van der Waals surface area contributed by atoms with Crippen molar-refractivity contribution in [2.24, 2.45) is 51.3 Å². The first-order chi connectivity index (χ1) is 12.9. The number of nitrogens with zero attached hydrogens (tertiary/aromatic N) is 1. The van der Waals surface area contributed by atoms with Crippen LogP contribution in [0.15, 0.2) is 5.16 Å². The van der Waals surface area contributed by atoms with Crippen LogP contribution in [-0.2, 0) is 4.84 Å². The number of fused-ring (bicyclic) bond motifs is 5. The lowest BCUT2D eigenvalue weighted by atomic mass is 9.44. The Hall–Kier alpha value is -0.650. The van der Waals surface area contributed by atoms with Crippen LogP contribution in [0.2, 0.25) is 0 Å². The molecule has 9 atom stereocenters. The highest BCUT2D eigenvalue weighted by Gasteiger charge is 2.61. The minimum atomic E-state index is -0.225. The van der Waals surface area contributed by atoms with Crippen LogP contribution in [0, 0.1) is 40.4 Å². The molecule has 154 valence electrons. The molecular weight excluding hydrogens is 340 g/mol. The second-order valence-corrected chi connectivity index (χ2v) is 10.3. The number of aliphatic hydroxyl groups excluding tert-OH is 2. The van der Waals surface area contributed by atoms with Crippen LogP contribution in [0.3, 0.4) is 0 Å². The Morgan fingerprint density at radius 3 is 2.52 bits per heavy atom. The number of rotatable bonds is 4. The number of oxime groups is 1. The summed E-state index contributed by atoms with van der Waals surface area (Å²) in [6.45, 7) is 5.70. The van der Waals surface area contributed by atoms with Crippen molar-refractivity contribution < 1.29 is 15.1 Å². The normalized spacial score (nSPS) is 52.3. The molecule has 5 heteroatoms. The zero-order valence-electron chi connectivity index (χ0n) is 17.0. The van der Waals surface area contributed by atoms with Gasteiger partial charge in [-0.15, -0.1) is 0 Å². The van der Waals surface area contributed by atoms with E-state index >= 15 is 0 Å². The fourth-order valence-corrected chi connectivity index (χ4v) is 7.67. The van der Waals surface area contributed by atoms with Crippen molar-refractivity contribution in [1.82, 2.24) is 0 Å². The maximum Gasteiger partial charge on any atom is 0.129 e. The van der Waals surface area contributed by atoms with Gasteiger partial charge in [-0.2, -0.15) is 0 Å². The van der Waals surface area contributed by atoms with E-state index in [2.05, 4.69) is 19.0 Å². The zero-order chi connectivity index (χ0) is 19.2. The zero-order valence-corrected chi connectivity index (χ0v) is 17.0. The van der Waals surface area contributed by atoms with Crippen molar-refractivity contribution in [3.8, 4) is 0 Å². The van der Waals surface area contributed by atoms with E-state index in [-0.39, 0.29) is 23.0 Å². The topological polar surface area (TPSA) is 88.1 Å². The van der Waals surface area contributed by atoms with Gasteiger partial charge >= 0.3 is 0 Å². The monoisotopic (exact) mass is 378 g/mol. The number of nitrogens with two attached hydrogens (primary N) is 1. The van der Waals surface area contributed by atoms with Crippen molar-refractivity contribution in [3.63, 3.8) is 0 Å².